The van der Waals surface area contributed by atoms with Gasteiger partial charge in [-0.2, -0.15) is 5.26 Å². The van der Waals surface area contributed by atoms with Crippen molar-refractivity contribution in [2.24, 2.45) is 0 Å². The largest absolute Gasteiger partial charge is 0.484 e. The molecule has 0 radical (unpaired) electrons. The quantitative estimate of drug-likeness (QED) is 0.767. The molecular formula is C18H25N3O3. The van der Waals surface area contributed by atoms with Crippen LogP contribution >= 0.6 is 0 Å². The van der Waals surface area contributed by atoms with Crippen molar-refractivity contribution < 1.29 is 14.3 Å². The molecule has 6 heteroatoms. The molecule has 0 aromatic heterocycles. The lowest BCUT2D eigenvalue weighted by Gasteiger charge is -2.35. The predicted octanol–water partition coefficient (Wildman–Crippen LogP) is 1.55. The van der Waals surface area contributed by atoms with Gasteiger partial charge in [-0.25, -0.2) is 0 Å². The summed E-state index contributed by atoms with van der Waals surface area (Å²) in [4.78, 5) is 14.1. The van der Waals surface area contributed by atoms with Crippen molar-refractivity contribution in [3.05, 3.63) is 29.8 Å². The molecule has 130 valence electrons. The minimum absolute atomic E-state index is 0.0163. The van der Waals surface area contributed by atoms with Gasteiger partial charge in [0.2, 0.25) is 0 Å². The Labute approximate surface area is 143 Å². The van der Waals surface area contributed by atoms with Crippen LogP contribution in [0.1, 0.15) is 25.8 Å². The number of nitriles is 1. The first-order chi connectivity index (χ1) is 11.6. The van der Waals surface area contributed by atoms with Crippen LogP contribution in [0.4, 0.5) is 0 Å². The maximum absolute atomic E-state index is 11.8. The Balaban J connectivity index is 1.58. The van der Waals surface area contributed by atoms with E-state index in [4.69, 9.17) is 14.7 Å². The molecule has 6 nitrogen and oxygen atoms in total. The number of nitrogens with zero attached hydrogens (tertiary/aromatic N) is 2. The number of hydrogen-bond donors (Lipinski definition) is 1. The van der Waals surface area contributed by atoms with Crippen molar-refractivity contribution >= 4 is 5.91 Å². The molecule has 2 unspecified atom stereocenters. The summed E-state index contributed by atoms with van der Waals surface area (Å²) >= 11 is 0. The molecular weight excluding hydrogens is 306 g/mol. The molecule has 1 fully saturated rings. The van der Waals surface area contributed by atoms with Gasteiger partial charge in [0.1, 0.15) is 5.75 Å². The van der Waals surface area contributed by atoms with Gasteiger partial charge in [-0.15, -0.1) is 0 Å². The highest BCUT2D eigenvalue weighted by atomic mass is 16.5. The summed E-state index contributed by atoms with van der Waals surface area (Å²) < 4.78 is 11.1. The molecule has 1 aliphatic heterocycles. The number of ether oxygens (including phenoxy) is 2. The van der Waals surface area contributed by atoms with Crippen molar-refractivity contribution in [2.45, 2.75) is 32.5 Å². The highest BCUT2D eigenvalue weighted by molar-refractivity contribution is 5.77. The Hall–Kier alpha value is -2.10. The van der Waals surface area contributed by atoms with Crippen LogP contribution in [0.25, 0.3) is 0 Å². The number of morpholine rings is 1. The van der Waals surface area contributed by atoms with Crippen molar-refractivity contribution in [3.8, 4) is 11.8 Å². The number of benzene rings is 1. The normalized spacial score (nSPS) is 21.0. The van der Waals surface area contributed by atoms with Crippen LogP contribution in [0.2, 0.25) is 0 Å². The third kappa shape index (κ3) is 6.19. The Morgan fingerprint density at radius 2 is 2.00 bits per heavy atom. The molecule has 0 bridgehead atoms. The average Bonchev–Trinajstić information content (AvgIpc) is 2.56. The zero-order valence-electron chi connectivity index (χ0n) is 14.3. The summed E-state index contributed by atoms with van der Waals surface area (Å²) in [6, 6.07) is 8.74. The van der Waals surface area contributed by atoms with E-state index in [9.17, 15) is 4.79 Å². The van der Waals surface area contributed by atoms with E-state index in [1.165, 1.54) is 0 Å². The highest BCUT2D eigenvalue weighted by Crippen LogP contribution is 2.11. The number of carbonyl (C=O) groups excluding carboxylic acids is 1. The maximum atomic E-state index is 11.8. The summed E-state index contributed by atoms with van der Waals surface area (Å²) in [5.41, 5.74) is 0.568. The fourth-order valence-corrected chi connectivity index (χ4v) is 2.82. The summed E-state index contributed by atoms with van der Waals surface area (Å²) in [6.07, 6.45) is 1.44. The van der Waals surface area contributed by atoms with Crippen molar-refractivity contribution in [1.29, 1.82) is 5.26 Å². The van der Waals surface area contributed by atoms with Crippen LogP contribution in [-0.4, -0.2) is 55.8 Å². The van der Waals surface area contributed by atoms with Crippen LogP contribution in [0.3, 0.4) is 0 Å². The zero-order chi connectivity index (χ0) is 17.4. The number of carbonyl (C=O) groups is 1. The minimum atomic E-state index is -0.136. The van der Waals surface area contributed by atoms with E-state index in [-0.39, 0.29) is 24.7 Å². The fraction of sp³-hybridized carbons (Fsp3) is 0.556. The summed E-state index contributed by atoms with van der Waals surface area (Å²) in [7, 11) is 0. The van der Waals surface area contributed by atoms with Gasteiger partial charge in [0.25, 0.3) is 5.91 Å². The lowest BCUT2D eigenvalue weighted by molar-refractivity contribution is -0.123. The number of rotatable bonds is 7. The zero-order valence-corrected chi connectivity index (χ0v) is 14.3. The van der Waals surface area contributed by atoms with Crippen LogP contribution in [0, 0.1) is 11.3 Å². The molecule has 0 spiro atoms. The van der Waals surface area contributed by atoms with Crippen molar-refractivity contribution in [1.82, 2.24) is 10.2 Å². The van der Waals surface area contributed by atoms with Crippen molar-refractivity contribution in [2.75, 3.05) is 32.8 Å². The van der Waals surface area contributed by atoms with E-state index in [2.05, 4.69) is 24.1 Å². The Morgan fingerprint density at radius 1 is 1.33 bits per heavy atom. The van der Waals surface area contributed by atoms with Crippen LogP contribution in [0.5, 0.6) is 5.75 Å². The molecule has 1 aromatic rings. The van der Waals surface area contributed by atoms with Gasteiger partial charge in [-0.05, 0) is 44.5 Å². The third-order valence-electron chi connectivity index (χ3n) is 3.82. The number of nitrogens with one attached hydrogen (secondary N) is 1. The SMILES string of the molecule is CC1CN(CCCNC(=O)COc2ccc(C#N)cc2)CC(C)O1. The second-order valence-electron chi connectivity index (χ2n) is 6.15. The van der Waals surface area contributed by atoms with Crippen LogP contribution in [-0.2, 0) is 9.53 Å². The van der Waals surface area contributed by atoms with Crippen LogP contribution in [0.15, 0.2) is 24.3 Å². The smallest absolute Gasteiger partial charge is 0.257 e. The van der Waals surface area contributed by atoms with Gasteiger partial charge in [0, 0.05) is 26.2 Å². The molecule has 1 aliphatic rings. The van der Waals surface area contributed by atoms with Crippen molar-refractivity contribution in [3.63, 3.8) is 0 Å². The van der Waals surface area contributed by atoms with E-state index in [1.807, 2.05) is 6.07 Å². The van der Waals surface area contributed by atoms with Gasteiger partial charge in [-0.3, -0.25) is 9.69 Å². The second-order valence-corrected chi connectivity index (χ2v) is 6.15. The summed E-state index contributed by atoms with van der Waals surface area (Å²) in [5, 5.41) is 11.6. The Bertz CT molecular complexity index is 558. The van der Waals surface area contributed by atoms with Gasteiger partial charge in [0.15, 0.2) is 6.61 Å². The molecule has 24 heavy (non-hydrogen) atoms. The Morgan fingerprint density at radius 3 is 2.62 bits per heavy atom. The molecule has 2 atom stereocenters. The van der Waals surface area contributed by atoms with E-state index >= 15 is 0 Å². The molecule has 1 heterocycles. The molecule has 1 saturated heterocycles. The average molecular weight is 331 g/mol. The first kappa shape index (κ1) is 18.2. The topological polar surface area (TPSA) is 74.6 Å². The van der Waals surface area contributed by atoms with E-state index < -0.39 is 0 Å². The molecule has 1 amide bonds. The standard InChI is InChI=1S/C18H25N3O3/c1-14-11-21(12-15(2)24-14)9-3-8-20-18(22)13-23-17-6-4-16(10-19)5-7-17/h4-7,14-15H,3,8-9,11-13H2,1-2H3,(H,20,22). The second kappa shape index (κ2) is 9.26. The molecule has 1 N–H and O–H groups in total. The third-order valence-corrected chi connectivity index (χ3v) is 3.82. The highest BCUT2D eigenvalue weighted by Gasteiger charge is 2.21. The fourth-order valence-electron chi connectivity index (χ4n) is 2.82. The molecule has 0 aliphatic carbocycles. The first-order valence-electron chi connectivity index (χ1n) is 8.34. The number of amides is 1. The first-order valence-corrected chi connectivity index (χ1v) is 8.34. The van der Waals surface area contributed by atoms with Gasteiger partial charge < -0.3 is 14.8 Å². The van der Waals surface area contributed by atoms with Gasteiger partial charge in [-0.1, -0.05) is 0 Å². The van der Waals surface area contributed by atoms with Gasteiger partial charge in [0.05, 0.1) is 23.8 Å². The van der Waals surface area contributed by atoms with Crippen LogP contribution < -0.4 is 10.1 Å². The Kier molecular flexibility index (Phi) is 7.04. The molecule has 1 aromatic carbocycles. The lowest BCUT2D eigenvalue weighted by Crippen LogP contribution is -2.46. The monoisotopic (exact) mass is 331 g/mol. The van der Waals surface area contributed by atoms with E-state index in [0.29, 0.717) is 17.9 Å². The predicted molar refractivity (Wildman–Crippen MR) is 90.7 cm³/mol. The molecule has 0 saturated carbocycles. The van der Waals surface area contributed by atoms with E-state index in [1.54, 1.807) is 24.3 Å². The summed E-state index contributed by atoms with van der Waals surface area (Å²) in [6.45, 7) is 7.64. The molecule has 2 rings (SSSR count). The number of hydrogen-bond acceptors (Lipinski definition) is 5. The lowest BCUT2D eigenvalue weighted by atomic mass is 10.2. The summed E-state index contributed by atoms with van der Waals surface area (Å²) in [5.74, 6) is 0.448. The van der Waals surface area contributed by atoms with Gasteiger partial charge >= 0.3 is 0 Å². The minimum Gasteiger partial charge on any atom is -0.484 e. The van der Waals surface area contributed by atoms with E-state index in [0.717, 1.165) is 26.1 Å². The maximum Gasteiger partial charge on any atom is 0.257 e.